The Kier molecular flexibility index (Phi) is 6.33. The van der Waals surface area contributed by atoms with Crippen molar-refractivity contribution in [3.05, 3.63) is 101 Å². The number of hydrogen-bond acceptors (Lipinski definition) is 3. The quantitative estimate of drug-likeness (QED) is 0.471. The number of rotatable bonds is 6. The lowest BCUT2D eigenvalue weighted by Crippen LogP contribution is -2.13. The first-order chi connectivity index (χ1) is 14.0. The van der Waals surface area contributed by atoms with Crippen LogP contribution in [-0.2, 0) is 11.4 Å². The second kappa shape index (κ2) is 9.29. The van der Waals surface area contributed by atoms with E-state index in [2.05, 4.69) is 5.32 Å². The smallest absolute Gasteiger partial charge is 0.266 e. The molecule has 3 aromatic rings. The van der Waals surface area contributed by atoms with Gasteiger partial charge in [-0.05, 0) is 65.7 Å². The van der Waals surface area contributed by atoms with Crippen LogP contribution in [0, 0.1) is 23.0 Å². The van der Waals surface area contributed by atoms with Gasteiger partial charge >= 0.3 is 0 Å². The molecular formula is C23H16F2N2O2. The van der Waals surface area contributed by atoms with Crippen LogP contribution in [0.5, 0.6) is 5.75 Å². The summed E-state index contributed by atoms with van der Waals surface area (Å²) in [5, 5.41) is 11.8. The molecule has 0 radical (unpaired) electrons. The van der Waals surface area contributed by atoms with Crippen molar-refractivity contribution in [3.8, 4) is 11.8 Å². The van der Waals surface area contributed by atoms with E-state index < -0.39 is 11.7 Å². The summed E-state index contributed by atoms with van der Waals surface area (Å²) in [6.07, 6.45) is 1.45. The van der Waals surface area contributed by atoms with Crippen molar-refractivity contribution in [1.29, 1.82) is 5.26 Å². The van der Waals surface area contributed by atoms with E-state index in [0.717, 1.165) is 5.56 Å². The van der Waals surface area contributed by atoms with Crippen molar-refractivity contribution in [1.82, 2.24) is 0 Å². The molecule has 29 heavy (non-hydrogen) atoms. The van der Waals surface area contributed by atoms with Gasteiger partial charge in [-0.1, -0.05) is 24.3 Å². The maximum atomic E-state index is 12.9. The number of nitrogens with zero attached hydrogens (tertiary/aromatic N) is 1. The maximum absolute atomic E-state index is 12.9. The molecule has 4 nitrogen and oxygen atoms in total. The van der Waals surface area contributed by atoms with Crippen molar-refractivity contribution in [2.75, 3.05) is 5.32 Å². The minimum Gasteiger partial charge on any atom is -0.489 e. The van der Waals surface area contributed by atoms with E-state index in [-0.39, 0.29) is 11.4 Å². The van der Waals surface area contributed by atoms with Crippen LogP contribution in [0.25, 0.3) is 6.08 Å². The fourth-order valence-corrected chi connectivity index (χ4v) is 2.45. The van der Waals surface area contributed by atoms with E-state index in [1.54, 1.807) is 36.4 Å². The SMILES string of the molecule is N#CC(=Cc1ccc(OCc2ccc(F)cc2)cc1)C(=O)Nc1ccc(F)cc1. The van der Waals surface area contributed by atoms with E-state index in [0.29, 0.717) is 23.6 Å². The van der Waals surface area contributed by atoms with Gasteiger partial charge in [0.2, 0.25) is 0 Å². The summed E-state index contributed by atoms with van der Waals surface area (Å²) in [5.41, 5.74) is 1.78. The van der Waals surface area contributed by atoms with Gasteiger partial charge in [0.15, 0.2) is 0 Å². The molecule has 0 fully saturated rings. The summed E-state index contributed by atoms with van der Waals surface area (Å²) in [7, 11) is 0. The van der Waals surface area contributed by atoms with Crippen LogP contribution < -0.4 is 10.1 Å². The molecule has 3 rings (SSSR count). The van der Waals surface area contributed by atoms with E-state index in [1.165, 1.54) is 42.5 Å². The molecule has 0 heterocycles. The zero-order valence-electron chi connectivity index (χ0n) is 15.2. The average molecular weight is 390 g/mol. The Balaban J connectivity index is 1.63. The lowest BCUT2D eigenvalue weighted by Gasteiger charge is -2.07. The van der Waals surface area contributed by atoms with Crippen molar-refractivity contribution < 1.29 is 18.3 Å². The zero-order valence-corrected chi connectivity index (χ0v) is 15.2. The molecule has 144 valence electrons. The first-order valence-corrected chi connectivity index (χ1v) is 8.69. The highest BCUT2D eigenvalue weighted by Gasteiger charge is 2.09. The second-order valence-corrected chi connectivity index (χ2v) is 6.12. The molecular weight excluding hydrogens is 374 g/mol. The number of hydrogen-bond donors (Lipinski definition) is 1. The Labute approximate surface area is 166 Å². The van der Waals surface area contributed by atoms with Crippen LogP contribution >= 0.6 is 0 Å². The number of nitriles is 1. The van der Waals surface area contributed by atoms with Gasteiger partial charge in [0.25, 0.3) is 5.91 Å². The molecule has 0 saturated carbocycles. The second-order valence-electron chi connectivity index (χ2n) is 6.12. The molecule has 0 aliphatic heterocycles. The molecule has 0 unspecified atom stereocenters. The van der Waals surface area contributed by atoms with Crippen LogP contribution in [0.2, 0.25) is 0 Å². The van der Waals surface area contributed by atoms with Crippen LogP contribution in [0.4, 0.5) is 14.5 Å². The van der Waals surface area contributed by atoms with Gasteiger partial charge in [0, 0.05) is 5.69 Å². The largest absolute Gasteiger partial charge is 0.489 e. The van der Waals surface area contributed by atoms with Gasteiger partial charge in [0.1, 0.15) is 35.6 Å². The third-order valence-corrected chi connectivity index (χ3v) is 3.98. The first-order valence-electron chi connectivity index (χ1n) is 8.69. The van der Waals surface area contributed by atoms with Crippen LogP contribution in [-0.4, -0.2) is 5.91 Å². The first kappa shape index (κ1) is 19.8. The predicted octanol–water partition coefficient (Wildman–Crippen LogP) is 5.09. The number of nitrogens with one attached hydrogen (secondary N) is 1. The molecule has 6 heteroatoms. The summed E-state index contributed by atoms with van der Waals surface area (Å²) < 4.78 is 31.5. The summed E-state index contributed by atoms with van der Waals surface area (Å²) in [6.45, 7) is 0.291. The van der Waals surface area contributed by atoms with E-state index >= 15 is 0 Å². The van der Waals surface area contributed by atoms with E-state index in [1.807, 2.05) is 6.07 Å². The van der Waals surface area contributed by atoms with Crippen LogP contribution in [0.1, 0.15) is 11.1 Å². The molecule has 0 aliphatic carbocycles. The topological polar surface area (TPSA) is 62.1 Å². The molecule has 0 saturated heterocycles. The molecule has 1 N–H and O–H groups in total. The highest BCUT2D eigenvalue weighted by Crippen LogP contribution is 2.17. The van der Waals surface area contributed by atoms with Crippen molar-refractivity contribution in [2.45, 2.75) is 6.61 Å². The predicted molar refractivity (Wildman–Crippen MR) is 106 cm³/mol. The van der Waals surface area contributed by atoms with Gasteiger partial charge in [-0.3, -0.25) is 4.79 Å². The monoisotopic (exact) mass is 390 g/mol. The Morgan fingerprint density at radius 2 is 1.52 bits per heavy atom. The van der Waals surface area contributed by atoms with Gasteiger partial charge in [-0.15, -0.1) is 0 Å². The highest BCUT2D eigenvalue weighted by molar-refractivity contribution is 6.09. The lowest BCUT2D eigenvalue weighted by molar-refractivity contribution is -0.112. The van der Waals surface area contributed by atoms with Crippen LogP contribution in [0.15, 0.2) is 78.4 Å². The van der Waals surface area contributed by atoms with E-state index in [4.69, 9.17) is 4.74 Å². The third-order valence-electron chi connectivity index (χ3n) is 3.98. The minimum absolute atomic E-state index is 0.0886. The molecule has 0 spiro atoms. The standard InChI is InChI=1S/C23H16F2N2O2/c24-19-5-1-17(2-6-19)15-29-22-11-3-16(4-12-22)13-18(14-26)23(28)27-21-9-7-20(25)8-10-21/h1-13H,15H2,(H,27,28). The number of ether oxygens (including phenoxy) is 1. The lowest BCUT2D eigenvalue weighted by atomic mass is 10.1. The Hall–Kier alpha value is -3.98. The number of carbonyl (C=O) groups excluding carboxylic acids is 1. The molecule has 3 aromatic carbocycles. The molecule has 0 atom stereocenters. The Morgan fingerprint density at radius 1 is 0.931 bits per heavy atom. The molecule has 0 aromatic heterocycles. The van der Waals surface area contributed by atoms with Crippen LogP contribution in [0.3, 0.4) is 0 Å². The maximum Gasteiger partial charge on any atom is 0.266 e. The summed E-state index contributed by atoms with van der Waals surface area (Å²) in [4.78, 5) is 12.2. The summed E-state index contributed by atoms with van der Waals surface area (Å²) >= 11 is 0. The van der Waals surface area contributed by atoms with Gasteiger partial charge in [-0.25, -0.2) is 8.78 Å². The average Bonchev–Trinajstić information content (AvgIpc) is 2.74. The van der Waals surface area contributed by atoms with Gasteiger partial charge in [0.05, 0.1) is 0 Å². The summed E-state index contributed by atoms with van der Waals surface area (Å²) in [5.74, 6) is -0.709. The normalized spacial score (nSPS) is 10.9. The van der Waals surface area contributed by atoms with E-state index in [9.17, 15) is 18.8 Å². The Bertz CT molecular complexity index is 1050. The molecule has 0 aliphatic rings. The number of benzene rings is 3. The van der Waals surface area contributed by atoms with Crippen molar-refractivity contribution in [2.24, 2.45) is 0 Å². The van der Waals surface area contributed by atoms with Gasteiger partial charge in [-0.2, -0.15) is 5.26 Å². The zero-order chi connectivity index (χ0) is 20.6. The van der Waals surface area contributed by atoms with Crippen molar-refractivity contribution in [3.63, 3.8) is 0 Å². The summed E-state index contributed by atoms with van der Waals surface area (Å²) in [6, 6.07) is 20.0. The fourth-order valence-electron chi connectivity index (χ4n) is 2.45. The molecule has 1 amide bonds. The highest BCUT2D eigenvalue weighted by atomic mass is 19.1. The third kappa shape index (κ3) is 5.75. The number of anilines is 1. The Morgan fingerprint density at radius 3 is 2.10 bits per heavy atom. The number of carbonyl (C=O) groups is 1. The molecule has 0 bridgehead atoms. The van der Waals surface area contributed by atoms with Gasteiger partial charge < -0.3 is 10.1 Å². The number of halogens is 2. The van der Waals surface area contributed by atoms with Crippen molar-refractivity contribution >= 4 is 17.7 Å². The number of amides is 1. The minimum atomic E-state index is -0.587. The fraction of sp³-hybridized carbons (Fsp3) is 0.0435.